The molecular formula is C18H33NO2S2Si. The number of nitrogens with zero attached hydrogens (tertiary/aromatic N) is 1. The topological polar surface area (TPSA) is 42.2 Å². The molecule has 0 amide bonds. The van der Waals surface area contributed by atoms with Crippen LogP contribution in [0.15, 0.2) is 11.2 Å². The van der Waals surface area contributed by atoms with E-state index in [1.807, 2.05) is 18.0 Å². The molecule has 0 aromatic heterocycles. The molecule has 24 heavy (non-hydrogen) atoms. The molecule has 138 valence electrons. The van der Waals surface area contributed by atoms with E-state index in [2.05, 4.69) is 39.6 Å². The molecule has 0 saturated heterocycles. The summed E-state index contributed by atoms with van der Waals surface area (Å²) < 4.78 is 12.4. The van der Waals surface area contributed by atoms with E-state index in [0.29, 0.717) is 0 Å². The normalized spacial score (nSPS) is 22.4. The van der Waals surface area contributed by atoms with Crippen LogP contribution in [-0.2, 0) is 9.16 Å². The number of hydrogen-bond donors (Lipinski definition) is 0. The molecule has 1 aliphatic heterocycles. The zero-order valence-electron chi connectivity index (χ0n) is 15.9. The molecule has 2 unspecified atom stereocenters. The van der Waals surface area contributed by atoms with Gasteiger partial charge in [-0.05, 0) is 50.4 Å². The summed E-state index contributed by atoms with van der Waals surface area (Å²) in [5.41, 5.74) is 0. The minimum atomic E-state index is -1.80. The lowest BCUT2D eigenvalue weighted by Crippen LogP contribution is -2.48. The quantitative estimate of drug-likeness (QED) is 0.314. The molecule has 0 bridgehead atoms. The maximum Gasteiger partial charge on any atom is 0.192 e. The molecule has 0 aliphatic carbocycles. The van der Waals surface area contributed by atoms with Crippen LogP contribution in [0.4, 0.5) is 0 Å². The Morgan fingerprint density at radius 1 is 1.29 bits per heavy atom. The smallest absolute Gasteiger partial charge is 0.192 e. The van der Waals surface area contributed by atoms with Gasteiger partial charge in [-0.2, -0.15) is 5.26 Å². The summed E-state index contributed by atoms with van der Waals surface area (Å²) in [6.45, 7) is 10.8. The van der Waals surface area contributed by atoms with Gasteiger partial charge in [0.15, 0.2) is 19.4 Å². The number of unbranched alkanes of at least 4 members (excludes halogenated alkanes) is 2. The van der Waals surface area contributed by atoms with Crippen molar-refractivity contribution in [3.05, 3.63) is 11.2 Å². The first-order valence-corrected chi connectivity index (χ1v) is 14.5. The highest BCUT2D eigenvalue weighted by Gasteiger charge is 2.45. The standard InChI is InChI=1S/C18H33NO2S2Si/c1-6-8-12-22-16-10-11-18(20-15-16,23-13-9-7-2)17(14-19)21-24(3,4)5/h15,17H,6-13H2,1-5H3. The van der Waals surface area contributed by atoms with Gasteiger partial charge in [-0.15, -0.1) is 23.5 Å². The predicted molar refractivity (Wildman–Crippen MR) is 110 cm³/mol. The Kier molecular flexibility index (Phi) is 9.88. The maximum atomic E-state index is 9.73. The summed E-state index contributed by atoms with van der Waals surface area (Å²) >= 11 is 3.67. The van der Waals surface area contributed by atoms with Crippen molar-refractivity contribution in [1.29, 1.82) is 5.26 Å². The van der Waals surface area contributed by atoms with Crippen LogP contribution in [0.5, 0.6) is 0 Å². The number of ether oxygens (including phenoxy) is 1. The SMILES string of the molecule is CCCCSC1=COC(SCCCC)(C(C#N)O[Si](C)(C)C)CC1. The van der Waals surface area contributed by atoms with Gasteiger partial charge in [-0.25, -0.2) is 0 Å². The third-order valence-electron chi connectivity index (χ3n) is 3.73. The van der Waals surface area contributed by atoms with E-state index in [-0.39, 0.29) is 0 Å². The van der Waals surface area contributed by atoms with Crippen LogP contribution < -0.4 is 0 Å². The molecule has 2 atom stereocenters. The molecule has 3 nitrogen and oxygen atoms in total. The first kappa shape index (κ1) is 21.9. The molecule has 0 aromatic rings. The first-order valence-electron chi connectivity index (χ1n) is 9.08. The summed E-state index contributed by atoms with van der Waals surface area (Å²) in [5.74, 6) is 2.16. The Labute approximate surface area is 158 Å². The molecule has 0 aromatic carbocycles. The van der Waals surface area contributed by atoms with E-state index in [1.54, 1.807) is 11.8 Å². The molecule has 6 heteroatoms. The van der Waals surface area contributed by atoms with Crippen molar-refractivity contribution in [2.24, 2.45) is 0 Å². The van der Waals surface area contributed by atoms with Crippen LogP contribution in [0.3, 0.4) is 0 Å². The van der Waals surface area contributed by atoms with Crippen molar-refractivity contribution < 1.29 is 9.16 Å². The molecule has 0 saturated carbocycles. The number of hydrogen-bond acceptors (Lipinski definition) is 5. The highest BCUT2D eigenvalue weighted by atomic mass is 32.2. The van der Waals surface area contributed by atoms with Gasteiger partial charge < -0.3 is 9.16 Å². The first-order chi connectivity index (χ1) is 11.4. The zero-order chi connectivity index (χ0) is 18.1. The molecule has 1 heterocycles. The van der Waals surface area contributed by atoms with Crippen LogP contribution in [0.25, 0.3) is 0 Å². The van der Waals surface area contributed by atoms with Crippen LogP contribution in [-0.4, -0.2) is 30.9 Å². The zero-order valence-corrected chi connectivity index (χ0v) is 18.5. The van der Waals surface area contributed by atoms with Gasteiger partial charge in [-0.1, -0.05) is 26.7 Å². The van der Waals surface area contributed by atoms with Gasteiger partial charge in [0, 0.05) is 11.3 Å². The number of nitriles is 1. The number of rotatable bonds is 11. The largest absolute Gasteiger partial charge is 0.480 e. The lowest BCUT2D eigenvalue weighted by molar-refractivity contribution is 0.00753. The third-order valence-corrected chi connectivity index (χ3v) is 7.33. The van der Waals surface area contributed by atoms with Gasteiger partial charge >= 0.3 is 0 Å². The highest BCUT2D eigenvalue weighted by molar-refractivity contribution is 8.03. The Hall–Kier alpha value is -0.0931. The maximum absolute atomic E-state index is 9.73. The van der Waals surface area contributed by atoms with E-state index in [0.717, 1.165) is 37.2 Å². The summed E-state index contributed by atoms with van der Waals surface area (Å²) in [6, 6.07) is 2.39. The molecule has 0 spiro atoms. The van der Waals surface area contributed by atoms with Gasteiger partial charge in [-0.3, -0.25) is 0 Å². The molecule has 1 aliphatic rings. The van der Waals surface area contributed by atoms with E-state index in [4.69, 9.17) is 9.16 Å². The van der Waals surface area contributed by atoms with Gasteiger partial charge in [0.2, 0.25) is 0 Å². The Morgan fingerprint density at radius 2 is 1.96 bits per heavy atom. The fourth-order valence-corrected chi connectivity index (χ4v) is 5.85. The second-order valence-corrected chi connectivity index (χ2v) is 14.2. The fourth-order valence-electron chi connectivity index (χ4n) is 2.37. The van der Waals surface area contributed by atoms with Crippen molar-refractivity contribution >= 4 is 31.8 Å². The van der Waals surface area contributed by atoms with Crippen LogP contribution >= 0.6 is 23.5 Å². The lowest BCUT2D eigenvalue weighted by Gasteiger charge is -2.41. The molecule has 0 fully saturated rings. The monoisotopic (exact) mass is 387 g/mol. The average molecular weight is 388 g/mol. The second-order valence-electron chi connectivity index (χ2n) is 7.16. The summed E-state index contributed by atoms with van der Waals surface area (Å²) in [4.78, 5) is 0.763. The predicted octanol–water partition coefficient (Wildman–Crippen LogP) is 6.14. The minimum Gasteiger partial charge on any atom is -0.480 e. The minimum absolute atomic E-state index is 0.496. The van der Waals surface area contributed by atoms with Crippen molar-refractivity contribution in [2.75, 3.05) is 11.5 Å². The fraction of sp³-hybridized carbons (Fsp3) is 0.833. The van der Waals surface area contributed by atoms with Crippen LogP contribution in [0.1, 0.15) is 52.4 Å². The van der Waals surface area contributed by atoms with Crippen molar-refractivity contribution in [1.82, 2.24) is 0 Å². The van der Waals surface area contributed by atoms with Crippen molar-refractivity contribution in [3.8, 4) is 6.07 Å². The summed E-state index contributed by atoms with van der Waals surface area (Å²) in [7, 11) is -1.80. The second kappa shape index (κ2) is 10.8. The highest BCUT2D eigenvalue weighted by Crippen LogP contribution is 2.44. The van der Waals surface area contributed by atoms with Crippen LogP contribution in [0, 0.1) is 11.3 Å². The van der Waals surface area contributed by atoms with Crippen molar-refractivity contribution in [2.45, 2.75) is 83.1 Å². The molecule has 0 radical (unpaired) electrons. The Balaban J connectivity index is 2.82. The molecule has 1 rings (SSSR count). The van der Waals surface area contributed by atoms with Gasteiger partial charge in [0.25, 0.3) is 0 Å². The van der Waals surface area contributed by atoms with Crippen molar-refractivity contribution in [3.63, 3.8) is 0 Å². The summed E-state index contributed by atoms with van der Waals surface area (Å²) in [5, 5.41) is 9.73. The molecular weight excluding hydrogens is 354 g/mol. The van der Waals surface area contributed by atoms with Crippen LogP contribution in [0.2, 0.25) is 19.6 Å². The summed E-state index contributed by atoms with van der Waals surface area (Å²) in [6.07, 6.45) is 8.00. The third kappa shape index (κ3) is 7.43. The molecule has 0 N–H and O–H groups in total. The Morgan fingerprint density at radius 3 is 2.46 bits per heavy atom. The number of thioether (sulfide) groups is 2. The van der Waals surface area contributed by atoms with Gasteiger partial charge in [0.1, 0.15) is 0 Å². The number of allylic oxidation sites excluding steroid dienone is 1. The lowest BCUT2D eigenvalue weighted by atomic mass is 10.1. The van der Waals surface area contributed by atoms with E-state index >= 15 is 0 Å². The van der Waals surface area contributed by atoms with E-state index < -0.39 is 19.4 Å². The average Bonchev–Trinajstić information content (AvgIpc) is 2.54. The van der Waals surface area contributed by atoms with E-state index in [1.165, 1.54) is 17.7 Å². The van der Waals surface area contributed by atoms with E-state index in [9.17, 15) is 5.26 Å². The van der Waals surface area contributed by atoms with Gasteiger partial charge in [0.05, 0.1) is 12.3 Å². The Bertz CT molecular complexity index is 445.